The molecule has 1 aliphatic carbocycles. The van der Waals surface area contributed by atoms with E-state index in [2.05, 4.69) is 28.1 Å². The average molecular weight is 449 g/mol. The Balaban J connectivity index is 1.68. The Hall–Kier alpha value is -2.64. The molecule has 3 heterocycles. The normalized spacial score (nSPS) is 20.5. The molecule has 2 aliphatic rings. The fourth-order valence-corrected chi connectivity index (χ4v) is 5.45. The van der Waals surface area contributed by atoms with Crippen molar-refractivity contribution in [3.05, 3.63) is 63.8 Å². The van der Waals surface area contributed by atoms with Crippen molar-refractivity contribution in [2.24, 2.45) is 0 Å². The highest BCUT2D eigenvalue weighted by Gasteiger charge is 2.27. The summed E-state index contributed by atoms with van der Waals surface area (Å²) in [5.74, 6) is 0. The van der Waals surface area contributed by atoms with E-state index in [-0.39, 0.29) is 11.6 Å². The van der Waals surface area contributed by atoms with E-state index in [0.29, 0.717) is 11.8 Å². The molecule has 0 radical (unpaired) electrons. The van der Waals surface area contributed by atoms with Gasteiger partial charge in [0.1, 0.15) is 5.52 Å². The van der Waals surface area contributed by atoms with Gasteiger partial charge in [-0.05, 0) is 54.8 Å². The first kappa shape index (κ1) is 21.2. The molecular formula is C25H28N4O2S. The summed E-state index contributed by atoms with van der Waals surface area (Å²) in [6.45, 7) is 0.781. The molecule has 166 valence electrons. The molecule has 32 heavy (non-hydrogen) atoms. The number of pyridine rings is 1. The molecular weight excluding hydrogens is 420 g/mol. The predicted octanol–water partition coefficient (Wildman–Crippen LogP) is 4.04. The summed E-state index contributed by atoms with van der Waals surface area (Å²) in [4.78, 5) is 24.9. The molecule has 0 unspecified atom stereocenters. The Labute approximate surface area is 192 Å². The number of aromatic nitrogens is 3. The molecule has 6 nitrogen and oxygen atoms in total. The quantitative estimate of drug-likeness (QED) is 0.608. The Morgan fingerprint density at radius 3 is 2.88 bits per heavy atom. The van der Waals surface area contributed by atoms with E-state index in [0.717, 1.165) is 59.6 Å². The molecule has 1 fully saturated rings. The van der Waals surface area contributed by atoms with Crippen LogP contribution >= 0.6 is 11.8 Å². The van der Waals surface area contributed by atoms with Gasteiger partial charge < -0.3 is 10.0 Å². The van der Waals surface area contributed by atoms with Gasteiger partial charge in [-0.15, -0.1) is 11.8 Å². The minimum atomic E-state index is -0.495. The second-order valence-corrected chi connectivity index (χ2v) is 9.56. The lowest BCUT2D eigenvalue weighted by molar-refractivity contribution is 0.0735. The number of nitrogens with zero attached hydrogens (tertiary/aromatic N) is 4. The Bertz CT molecular complexity index is 1250. The summed E-state index contributed by atoms with van der Waals surface area (Å²) in [5, 5.41) is 12.2. The molecule has 2 atom stereocenters. The van der Waals surface area contributed by atoms with Gasteiger partial charge >= 0.3 is 0 Å². The third kappa shape index (κ3) is 3.73. The van der Waals surface area contributed by atoms with Crippen LogP contribution in [0.4, 0.5) is 5.69 Å². The molecule has 1 aliphatic heterocycles. The van der Waals surface area contributed by atoms with Crippen LogP contribution in [0, 0.1) is 0 Å². The minimum absolute atomic E-state index is 0.0625. The van der Waals surface area contributed by atoms with Crippen molar-refractivity contribution in [3.63, 3.8) is 0 Å². The summed E-state index contributed by atoms with van der Waals surface area (Å²) in [6.07, 6.45) is 13.6. The maximum Gasteiger partial charge on any atom is 0.261 e. The lowest BCUT2D eigenvalue weighted by Crippen LogP contribution is -2.35. The van der Waals surface area contributed by atoms with Crippen molar-refractivity contribution in [2.75, 3.05) is 24.7 Å². The van der Waals surface area contributed by atoms with Crippen molar-refractivity contribution in [2.45, 2.75) is 49.3 Å². The lowest BCUT2D eigenvalue weighted by Gasteiger charge is -2.30. The van der Waals surface area contributed by atoms with Crippen LogP contribution in [0.25, 0.3) is 17.0 Å². The highest BCUT2D eigenvalue weighted by atomic mass is 32.2. The maximum absolute atomic E-state index is 13.6. The molecule has 7 heteroatoms. The van der Waals surface area contributed by atoms with Gasteiger partial charge in [-0.25, -0.2) is 9.97 Å². The average Bonchev–Trinajstić information content (AvgIpc) is 2.81. The first-order valence-corrected chi connectivity index (χ1v) is 12.4. The third-order valence-corrected chi connectivity index (χ3v) is 7.32. The van der Waals surface area contributed by atoms with Gasteiger partial charge in [-0.3, -0.25) is 9.36 Å². The van der Waals surface area contributed by atoms with E-state index in [1.54, 1.807) is 22.7 Å². The van der Waals surface area contributed by atoms with Crippen LogP contribution in [-0.4, -0.2) is 45.6 Å². The molecule has 3 aromatic rings. The van der Waals surface area contributed by atoms with Gasteiger partial charge in [0.05, 0.1) is 34.6 Å². The monoisotopic (exact) mass is 448 g/mol. The number of aliphatic hydroxyl groups excluding tert-OH is 1. The second kappa shape index (κ2) is 8.71. The fourth-order valence-electron chi connectivity index (χ4n) is 5.02. The first-order valence-electron chi connectivity index (χ1n) is 11.2. The van der Waals surface area contributed by atoms with Gasteiger partial charge in [0, 0.05) is 25.4 Å². The van der Waals surface area contributed by atoms with E-state index >= 15 is 0 Å². The zero-order chi connectivity index (χ0) is 22.2. The molecule has 0 spiro atoms. The lowest BCUT2D eigenvalue weighted by atomic mass is 9.92. The number of likely N-dealkylation sites (N-methyl/N-ethyl adjacent to an activating group) is 1. The number of hydrogen-bond donors (Lipinski definition) is 1. The Kier molecular flexibility index (Phi) is 5.78. The first-order chi connectivity index (χ1) is 15.6. The SMILES string of the molecule is CSc1cc(Cc2cc3c(=O)n([C@H]4CCCC[C@@H]4O)cnc3c3c2C=CCN3C)ccn1. The van der Waals surface area contributed by atoms with Gasteiger partial charge in [0.25, 0.3) is 5.56 Å². The molecule has 0 bridgehead atoms. The number of thioether (sulfide) groups is 1. The van der Waals surface area contributed by atoms with Crippen molar-refractivity contribution < 1.29 is 5.11 Å². The van der Waals surface area contributed by atoms with Crippen molar-refractivity contribution in [1.82, 2.24) is 14.5 Å². The van der Waals surface area contributed by atoms with Crippen molar-refractivity contribution >= 4 is 34.4 Å². The molecule has 1 saturated carbocycles. The predicted molar refractivity (Wildman–Crippen MR) is 131 cm³/mol. The summed E-state index contributed by atoms with van der Waals surface area (Å²) in [5.41, 5.74) is 5.08. The topological polar surface area (TPSA) is 71.2 Å². The van der Waals surface area contributed by atoms with Gasteiger partial charge in [0.15, 0.2) is 0 Å². The largest absolute Gasteiger partial charge is 0.391 e. The highest BCUT2D eigenvalue weighted by molar-refractivity contribution is 7.98. The number of benzene rings is 1. The molecule has 1 N–H and O–H groups in total. The second-order valence-electron chi connectivity index (χ2n) is 8.74. The van der Waals surface area contributed by atoms with Crippen LogP contribution in [0.3, 0.4) is 0 Å². The smallest absolute Gasteiger partial charge is 0.261 e. The maximum atomic E-state index is 13.6. The molecule has 2 aromatic heterocycles. The summed E-state index contributed by atoms with van der Waals surface area (Å²) >= 11 is 1.63. The third-order valence-electron chi connectivity index (χ3n) is 6.67. The Morgan fingerprint density at radius 1 is 1.22 bits per heavy atom. The van der Waals surface area contributed by atoms with Crippen LogP contribution in [0.15, 0.2) is 46.6 Å². The number of hydrogen-bond acceptors (Lipinski definition) is 6. The fraction of sp³-hybridized carbons (Fsp3) is 0.400. The zero-order valence-corrected chi connectivity index (χ0v) is 19.3. The van der Waals surface area contributed by atoms with Crippen LogP contribution in [0.2, 0.25) is 0 Å². The number of aliphatic hydroxyl groups is 1. The summed E-state index contributed by atoms with van der Waals surface area (Å²) < 4.78 is 1.67. The molecule has 0 saturated heterocycles. The molecule has 1 aromatic carbocycles. The van der Waals surface area contributed by atoms with Crippen LogP contribution < -0.4 is 10.5 Å². The van der Waals surface area contributed by atoms with E-state index < -0.39 is 6.10 Å². The van der Waals surface area contributed by atoms with E-state index in [9.17, 15) is 9.90 Å². The minimum Gasteiger partial charge on any atom is -0.391 e. The Morgan fingerprint density at radius 2 is 2.06 bits per heavy atom. The number of anilines is 1. The zero-order valence-electron chi connectivity index (χ0n) is 18.5. The van der Waals surface area contributed by atoms with Crippen molar-refractivity contribution in [3.8, 4) is 0 Å². The van der Waals surface area contributed by atoms with E-state index in [4.69, 9.17) is 4.98 Å². The number of rotatable bonds is 4. The van der Waals surface area contributed by atoms with Gasteiger partial charge in [-0.1, -0.05) is 25.0 Å². The van der Waals surface area contributed by atoms with Gasteiger partial charge in [-0.2, -0.15) is 0 Å². The molecule has 5 rings (SSSR count). The number of fused-ring (bicyclic) bond motifs is 3. The van der Waals surface area contributed by atoms with Crippen LogP contribution in [-0.2, 0) is 6.42 Å². The molecule has 0 amide bonds. The van der Waals surface area contributed by atoms with Crippen LogP contribution in [0.5, 0.6) is 0 Å². The van der Waals surface area contributed by atoms with Gasteiger partial charge in [0.2, 0.25) is 0 Å². The van der Waals surface area contributed by atoms with Crippen LogP contribution in [0.1, 0.15) is 48.4 Å². The standard InChI is InChI=1S/C25H28N4O2S/c1-28-11-5-6-18-17(12-16-9-10-26-22(13-16)32-2)14-19-23(24(18)28)27-15-29(25(19)31)20-7-3-4-8-21(20)30/h5-6,9-10,13-15,20-21,30H,3-4,7-8,11-12H2,1-2H3/t20-,21-/m0/s1. The van der Waals surface area contributed by atoms with E-state index in [1.165, 1.54) is 5.56 Å². The summed E-state index contributed by atoms with van der Waals surface area (Å²) in [7, 11) is 2.04. The van der Waals surface area contributed by atoms with Crippen molar-refractivity contribution in [1.29, 1.82) is 0 Å². The highest BCUT2D eigenvalue weighted by Crippen LogP contribution is 2.36. The summed E-state index contributed by atoms with van der Waals surface area (Å²) in [6, 6.07) is 5.96. The van der Waals surface area contributed by atoms with E-state index in [1.807, 2.05) is 31.6 Å².